The number of carbonyl (C=O) groups is 2. The fraction of sp³-hybridized carbons (Fsp3) is 0.192. The van der Waals surface area contributed by atoms with Crippen molar-refractivity contribution in [3.05, 3.63) is 83.9 Å². The number of hydrogen-bond acceptors (Lipinski definition) is 8. The first-order valence-corrected chi connectivity index (χ1v) is 12.5. The molecular weight excluding hydrogens is 498 g/mol. The Hall–Kier alpha value is -4.38. The van der Waals surface area contributed by atoms with Crippen LogP contribution in [0.4, 0.5) is 5.69 Å². The quantitative estimate of drug-likeness (QED) is 0.232. The molecule has 0 radical (unpaired) electrons. The first kappa shape index (κ1) is 27.2. The highest BCUT2D eigenvalue weighted by molar-refractivity contribution is 7.92. The van der Waals surface area contributed by atoms with E-state index >= 15 is 0 Å². The molecule has 0 unspecified atom stereocenters. The third-order valence-corrected chi connectivity index (χ3v) is 6.91. The first-order valence-electron chi connectivity index (χ1n) is 11.1. The molecular formula is C26H27N3O7S. The van der Waals surface area contributed by atoms with E-state index in [1.807, 2.05) is 6.92 Å². The minimum atomic E-state index is -4.05. The SMILES string of the molecule is COC(=O)COc1ccc(/C=N\NC(=O)CN(c2ccc(OC)cc2)S(=O)(=O)c2ccc(C)cc2)cc1. The highest BCUT2D eigenvalue weighted by Crippen LogP contribution is 2.26. The molecule has 3 rings (SSSR count). The predicted octanol–water partition coefficient (Wildman–Crippen LogP) is 2.90. The van der Waals surface area contributed by atoms with Gasteiger partial charge in [0.15, 0.2) is 6.61 Å². The molecule has 0 fully saturated rings. The summed E-state index contributed by atoms with van der Waals surface area (Å²) in [6.45, 7) is 1.14. The number of hydrogen-bond donors (Lipinski definition) is 1. The molecule has 11 heteroatoms. The Morgan fingerprint density at radius 3 is 2.14 bits per heavy atom. The van der Waals surface area contributed by atoms with Gasteiger partial charge in [-0.25, -0.2) is 18.6 Å². The van der Waals surface area contributed by atoms with E-state index in [9.17, 15) is 18.0 Å². The van der Waals surface area contributed by atoms with Crippen molar-refractivity contribution >= 4 is 33.8 Å². The van der Waals surface area contributed by atoms with Crippen molar-refractivity contribution in [3.63, 3.8) is 0 Å². The standard InChI is InChI=1S/C26H27N3O7S/c1-19-4-14-24(15-5-19)37(32,33)29(21-8-12-22(34-2)13-9-21)17-25(30)28-27-16-20-6-10-23(11-7-20)36-18-26(31)35-3/h4-16H,17-18H2,1-3H3,(H,28,30)/b27-16-. The molecule has 37 heavy (non-hydrogen) atoms. The van der Waals surface area contributed by atoms with E-state index in [0.717, 1.165) is 9.87 Å². The zero-order valence-electron chi connectivity index (χ0n) is 20.6. The minimum Gasteiger partial charge on any atom is -0.497 e. The van der Waals surface area contributed by atoms with E-state index in [0.29, 0.717) is 22.7 Å². The summed E-state index contributed by atoms with van der Waals surface area (Å²) in [6, 6.07) is 19.3. The van der Waals surface area contributed by atoms with Crippen molar-refractivity contribution in [2.24, 2.45) is 5.10 Å². The normalized spacial score (nSPS) is 11.1. The van der Waals surface area contributed by atoms with Crippen LogP contribution in [0.25, 0.3) is 0 Å². The second kappa shape index (κ2) is 12.5. The van der Waals surface area contributed by atoms with E-state index in [-0.39, 0.29) is 11.5 Å². The number of benzene rings is 3. The van der Waals surface area contributed by atoms with E-state index in [2.05, 4.69) is 15.3 Å². The summed E-state index contributed by atoms with van der Waals surface area (Å²) in [7, 11) is -1.27. The van der Waals surface area contributed by atoms with Gasteiger partial charge in [0.2, 0.25) is 0 Å². The van der Waals surface area contributed by atoms with Gasteiger partial charge < -0.3 is 14.2 Å². The maximum atomic E-state index is 13.4. The lowest BCUT2D eigenvalue weighted by atomic mass is 10.2. The minimum absolute atomic E-state index is 0.0553. The van der Waals surface area contributed by atoms with Crippen LogP contribution in [-0.2, 0) is 24.3 Å². The molecule has 0 heterocycles. The van der Waals surface area contributed by atoms with E-state index < -0.39 is 28.4 Å². The number of esters is 1. The number of sulfonamides is 1. The van der Waals surface area contributed by atoms with Crippen molar-refractivity contribution in [1.82, 2.24) is 5.43 Å². The summed E-state index contributed by atoms with van der Waals surface area (Å²) in [4.78, 5) is 23.9. The number of ether oxygens (including phenoxy) is 3. The van der Waals surface area contributed by atoms with Crippen LogP contribution in [0.3, 0.4) is 0 Å². The number of carbonyl (C=O) groups excluding carboxylic acids is 2. The number of nitrogens with zero attached hydrogens (tertiary/aromatic N) is 2. The van der Waals surface area contributed by atoms with Crippen molar-refractivity contribution in [2.75, 3.05) is 31.7 Å². The number of anilines is 1. The van der Waals surface area contributed by atoms with Gasteiger partial charge in [0.1, 0.15) is 18.0 Å². The topological polar surface area (TPSA) is 124 Å². The molecule has 0 aliphatic rings. The van der Waals surface area contributed by atoms with Crippen LogP contribution in [-0.4, -0.2) is 53.9 Å². The van der Waals surface area contributed by atoms with Gasteiger partial charge >= 0.3 is 5.97 Å². The molecule has 194 valence electrons. The van der Waals surface area contributed by atoms with Gasteiger partial charge in [-0.2, -0.15) is 5.10 Å². The first-order chi connectivity index (χ1) is 17.7. The maximum absolute atomic E-state index is 13.4. The van der Waals surface area contributed by atoms with Crippen LogP contribution in [0.5, 0.6) is 11.5 Å². The Balaban J connectivity index is 1.72. The van der Waals surface area contributed by atoms with Crippen molar-refractivity contribution < 1.29 is 32.2 Å². The average molecular weight is 526 g/mol. The number of amides is 1. The molecule has 0 aromatic heterocycles. The fourth-order valence-electron chi connectivity index (χ4n) is 3.10. The van der Waals surface area contributed by atoms with Crippen LogP contribution in [0.1, 0.15) is 11.1 Å². The lowest BCUT2D eigenvalue weighted by Crippen LogP contribution is -2.39. The summed E-state index contributed by atoms with van der Waals surface area (Å²) in [5.41, 5.74) is 4.20. The Kier molecular flexibility index (Phi) is 9.22. The van der Waals surface area contributed by atoms with Crippen LogP contribution in [0.2, 0.25) is 0 Å². The van der Waals surface area contributed by atoms with Gasteiger partial charge in [0, 0.05) is 0 Å². The Morgan fingerprint density at radius 2 is 1.54 bits per heavy atom. The Morgan fingerprint density at radius 1 is 0.919 bits per heavy atom. The van der Waals surface area contributed by atoms with Gasteiger partial charge in [0.25, 0.3) is 15.9 Å². The molecule has 0 bridgehead atoms. The third-order valence-electron chi connectivity index (χ3n) is 5.12. The molecule has 0 aliphatic heterocycles. The zero-order valence-corrected chi connectivity index (χ0v) is 21.4. The van der Waals surface area contributed by atoms with E-state index in [1.165, 1.54) is 32.6 Å². The van der Waals surface area contributed by atoms with Gasteiger partial charge in [0.05, 0.1) is 31.0 Å². The number of nitrogens with one attached hydrogen (secondary N) is 1. The molecule has 0 aliphatic carbocycles. The van der Waals surface area contributed by atoms with Gasteiger partial charge in [-0.15, -0.1) is 0 Å². The van der Waals surface area contributed by atoms with E-state index in [4.69, 9.17) is 9.47 Å². The Bertz CT molecular complexity index is 1340. The fourth-order valence-corrected chi connectivity index (χ4v) is 4.52. The number of rotatable bonds is 11. The van der Waals surface area contributed by atoms with Crippen molar-refractivity contribution in [1.29, 1.82) is 0 Å². The van der Waals surface area contributed by atoms with Crippen LogP contribution < -0.4 is 19.2 Å². The highest BCUT2D eigenvalue weighted by atomic mass is 32.2. The van der Waals surface area contributed by atoms with Gasteiger partial charge in [-0.1, -0.05) is 17.7 Å². The van der Waals surface area contributed by atoms with Crippen LogP contribution in [0, 0.1) is 6.92 Å². The summed E-state index contributed by atoms with van der Waals surface area (Å²) in [5, 5.41) is 3.92. The molecule has 10 nitrogen and oxygen atoms in total. The average Bonchev–Trinajstić information content (AvgIpc) is 2.91. The monoisotopic (exact) mass is 525 g/mol. The zero-order chi connectivity index (χ0) is 26.8. The number of hydrazone groups is 1. The smallest absolute Gasteiger partial charge is 0.343 e. The highest BCUT2D eigenvalue weighted by Gasteiger charge is 2.27. The largest absolute Gasteiger partial charge is 0.497 e. The summed E-state index contributed by atoms with van der Waals surface area (Å²) in [6.07, 6.45) is 1.40. The van der Waals surface area contributed by atoms with Crippen molar-refractivity contribution in [2.45, 2.75) is 11.8 Å². The second-order valence-corrected chi connectivity index (χ2v) is 9.61. The Labute approximate surface area is 215 Å². The van der Waals surface area contributed by atoms with Crippen molar-refractivity contribution in [3.8, 4) is 11.5 Å². The third kappa shape index (κ3) is 7.55. The molecule has 0 saturated heterocycles. The summed E-state index contributed by atoms with van der Waals surface area (Å²) >= 11 is 0. The molecule has 3 aromatic carbocycles. The summed E-state index contributed by atoms with van der Waals surface area (Å²) in [5.74, 6) is -0.127. The molecule has 1 N–H and O–H groups in total. The van der Waals surface area contributed by atoms with Gasteiger partial charge in [-0.05, 0) is 73.2 Å². The number of aryl methyl sites for hydroxylation is 1. The lowest BCUT2D eigenvalue weighted by Gasteiger charge is -2.24. The summed E-state index contributed by atoms with van der Waals surface area (Å²) < 4.78 is 42.8. The second-order valence-electron chi connectivity index (χ2n) is 7.75. The van der Waals surface area contributed by atoms with E-state index in [1.54, 1.807) is 60.7 Å². The van der Waals surface area contributed by atoms with Crippen LogP contribution in [0.15, 0.2) is 82.8 Å². The number of methoxy groups -OCH3 is 2. The molecule has 3 aromatic rings. The lowest BCUT2D eigenvalue weighted by molar-refractivity contribution is -0.142. The molecule has 0 atom stereocenters. The molecule has 1 amide bonds. The van der Waals surface area contributed by atoms with Crippen LogP contribution >= 0.6 is 0 Å². The predicted molar refractivity (Wildman–Crippen MR) is 138 cm³/mol. The maximum Gasteiger partial charge on any atom is 0.343 e. The molecule has 0 spiro atoms. The van der Waals surface area contributed by atoms with Gasteiger partial charge in [-0.3, -0.25) is 9.10 Å². The molecule has 0 saturated carbocycles.